The van der Waals surface area contributed by atoms with E-state index in [0.29, 0.717) is 24.1 Å². The van der Waals surface area contributed by atoms with Crippen molar-refractivity contribution in [3.63, 3.8) is 0 Å². The highest BCUT2D eigenvalue weighted by Crippen LogP contribution is 2.21. The Labute approximate surface area is 126 Å². The summed E-state index contributed by atoms with van der Waals surface area (Å²) < 4.78 is 0. The molecule has 6 nitrogen and oxygen atoms in total. The lowest BCUT2D eigenvalue weighted by Gasteiger charge is -2.23. The van der Waals surface area contributed by atoms with Gasteiger partial charge in [-0.3, -0.25) is 4.79 Å². The fourth-order valence-electron chi connectivity index (χ4n) is 2.69. The first-order chi connectivity index (χ1) is 10.2. The van der Waals surface area contributed by atoms with Gasteiger partial charge in [-0.2, -0.15) is 0 Å². The quantitative estimate of drug-likeness (QED) is 0.797. The standard InChI is InChI=1S/C15H25N5O/c1-3-16-14-9-8-13(18-19-14)15(21)17-10-11-20(2)12-6-4-5-7-12/h8-9,12H,3-7,10-11H2,1-2H3,(H,16,19)(H,17,21). The van der Waals surface area contributed by atoms with Gasteiger partial charge in [-0.25, -0.2) is 0 Å². The van der Waals surface area contributed by atoms with E-state index in [9.17, 15) is 4.79 Å². The van der Waals surface area contributed by atoms with Crippen LogP contribution >= 0.6 is 0 Å². The van der Waals surface area contributed by atoms with Gasteiger partial charge in [0.25, 0.3) is 5.91 Å². The summed E-state index contributed by atoms with van der Waals surface area (Å²) >= 11 is 0. The molecule has 6 heteroatoms. The first-order valence-electron chi connectivity index (χ1n) is 7.76. The Morgan fingerprint density at radius 1 is 1.33 bits per heavy atom. The number of carbonyl (C=O) groups excluding carboxylic acids is 1. The molecule has 0 aliphatic heterocycles. The summed E-state index contributed by atoms with van der Waals surface area (Å²) in [6, 6.07) is 4.15. The summed E-state index contributed by atoms with van der Waals surface area (Å²) in [5, 5.41) is 13.8. The number of amides is 1. The molecule has 1 aromatic heterocycles. The first-order valence-corrected chi connectivity index (χ1v) is 7.76. The van der Waals surface area contributed by atoms with Crippen LogP contribution in [0.25, 0.3) is 0 Å². The van der Waals surface area contributed by atoms with Gasteiger partial charge in [-0.1, -0.05) is 12.8 Å². The van der Waals surface area contributed by atoms with Crippen molar-refractivity contribution in [2.75, 3.05) is 32.0 Å². The van der Waals surface area contributed by atoms with Crippen LogP contribution in [0.3, 0.4) is 0 Å². The van der Waals surface area contributed by atoms with Crippen molar-refractivity contribution >= 4 is 11.7 Å². The van der Waals surface area contributed by atoms with E-state index in [-0.39, 0.29) is 5.91 Å². The fraction of sp³-hybridized carbons (Fsp3) is 0.667. The number of likely N-dealkylation sites (N-methyl/N-ethyl adjacent to an activating group) is 1. The van der Waals surface area contributed by atoms with Crippen LogP contribution in [0.5, 0.6) is 0 Å². The Morgan fingerprint density at radius 3 is 2.71 bits per heavy atom. The summed E-state index contributed by atoms with van der Waals surface area (Å²) in [4.78, 5) is 14.3. The zero-order chi connectivity index (χ0) is 15.1. The number of nitrogens with zero attached hydrogens (tertiary/aromatic N) is 3. The predicted molar refractivity (Wildman–Crippen MR) is 83.4 cm³/mol. The lowest BCUT2D eigenvalue weighted by atomic mass is 10.2. The van der Waals surface area contributed by atoms with Crippen molar-refractivity contribution in [1.29, 1.82) is 0 Å². The first kappa shape index (κ1) is 15.7. The molecule has 1 aliphatic rings. The van der Waals surface area contributed by atoms with Crippen molar-refractivity contribution in [2.24, 2.45) is 0 Å². The van der Waals surface area contributed by atoms with Crippen LogP contribution in [0.2, 0.25) is 0 Å². The highest BCUT2D eigenvalue weighted by molar-refractivity contribution is 5.92. The van der Waals surface area contributed by atoms with E-state index in [1.54, 1.807) is 12.1 Å². The molecule has 2 N–H and O–H groups in total. The maximum Gasteiger partial charge on any atom is 0.271 e. The summed E-state index contributed by atoms with van der Waals surface area (Å²) in [5.74, 6) is 0.528. The number of anilines is 1. The molecule has 0 spiro atoms. The van der Waals surface area contributed by atoms with E-state index in [2.05, 4.69) is 32.8 Å². The van der Waals surface area contributed by atoms with Gasteiger partial charge in [0.05, 0.1) is 0 Å². The molecule has 1 fully saturated rings. The second kappa shape index (κ2) is 7.93. The van der Waals surface area contributed by atoms with Crippen LogP contribution in [-0.4, -0.2) is 53.7 Å². The topological polar surface area (TPSA) is 70.2 Å². The minimum absolute atomic E-state index is 0.162. The van der Waals surface area contributed by atoms with Crippen LogP contribution in [0.15, 0.2) is 12.1 Å². The third-order valence-corrected chi connectivity index (χ3v) is 3.95. The number of nitrogens with one attached hydrogen (secondary N) is 2. The summed E-state index contributed by atoms with van der Waals surface area (Å²) in [7, 11) is 2.13. The second-order valence-electron chi connectivity index (χ2n) is 5.51. The van der Waals surface area contributed by atoms with E-state index >= 15 is 0 Å². The van der Waals surface area contributed by atoms with Crippen molar-refractivity contribution in [2.45, 2.75) is 38.6 Å². The number of rotatable bonds is 7. The molecule has 1 heterocycles. The van der Waals surface area contributed by atoms with Crippen molar-refractivity contribution in [3.8, 4) is 0 Å². The normalized spacial score (nSPS) is 15.4. The highest BCUT2D eigenvalue weighted by atomic mass is 16.1. The minimum atomic E-state index is -0.162. The van der Waals surface area contributed by atoms with Gasteiger partial charge in [0.15, 0.2) is 5.69 Å². The summed E-state index contributed by atoms with van der Waals surface area (Å²) in [6.07, 6.45) is 5.22. The molecule has 0 atom stereocenters. The van der Waals surface area contributed by atoms with Crippen molar-refractivity contribution < 1.29 is 4.79 Å². The van der Waals surface area contributed by atoms with E-state index in [0.717, 1.165) is 13.1 Å². The zero-order valence-corrected chi connectivity index (χ0v) is 12.9. The number of aromatic nitrogens is 2. The maximum absolute atomic E-state index is 12.0. The molecule has 0 aromatic carbocycles. The van der Waals surface area contributed by atoms with Gasteiger partial charge in [0.2, 0.25) is 0 Å². The van der Waals surface area contributed by atoms with E-state index < -0.39 is 0 Å². The van der Waals surface area contributed by atoms with Crippen molar-refractivity contribution in [1.82, 2.24) is 20.4 Å². The van der Waals surface area contributed by atoms with Gasteiger partial charge in [-0.15, -0.1) is 10.2 Å². The molecule has 1 aromatic rings. The third kappa shape index (κ3) is 4.67. The Hall–Kier alpha value is -1.69. The Bertz CT molecular complexity index is 442. The Kier molecular flexibility index (Phi) is 5.92. The third-order valence-electron chi connectivity index (χ3n) is 3.95. The smallest absolute Gasteiger partial charge is 0.271 e. The molecule has 1 amide bonds. The second-order valence-corrected chi connectivity index (χ2v) is 5.51. The molecule has 1 aliphatic carbocycles. The molecule has 21 heavy (non-hydrogen) atoms. The van der Waals surface area contributed by atoms with Gasteiger partial charge < -0.3 is 15.5 Å². The SMILES string of the molecule is CCNc1ccc(C(=O)NCCN(C)C2CCCC2)nn1. The minimum Gasteiger partial charge on any atom is -0.369 e. The number of hydrogen-bond donors (Lipinski definition) is 2. The van der Waals surface area contributed by atoms with Crippen LogP contribution in [0.4, 0.5) is 5.82 Å². The summed E-state index contributed by atoms with van der Waals surface area (Å²) in [5.41, 5.74) is 0.361. The van der Waals surface area contributed by atoms with Gasteiger partial charge >= 0.3 is 0 Å². The maximum atomic E-state index is 12.0. The van der Waals surface area contributed by atoms with Crippen LogP contribution in [0, 0.1) is 0 Å². The van der Waals surface area contributed by atoms with Gasteiger partial charge in [0.1, 0.15) is 5.82 Å². The molecular formula is C15H25N5O. The molecule has 0 saturated heterocycles. The van der Waals surface area contributed by atoms with E-state index in [1.807, 2.05) is 6.92 Å². The average molecular weight is 291 g/mol. The van der Waals surface area contributed by atoms with Gasteiger partial charge in [-0.05, 0) is 38.9 Å². The Balaban J connectivity index is 1.73. The van der Waals surface area contributed by atoms with Crippen molar-refractivity contribution in [3.05, 3.63) is 17.8 Å². The largest absolute Gasteiger partial charge is 0.369 e. The number of carbonyl (C=O) groups is 1. The van der Waals surface area contributed by atoms with Crippen LogP contribution < -0.4 is 10.6 Å². The monoisotopic (exact) mass is 291 g/mol. The molecule has 0 bridgehead atoms. The highest BCUT2D eigenvalue weighted by Gasteiger charge is 2.19. The molecule has 2 rings (SSSR count). The molecule has 0 unspecified atom stereocenters. The average Bonchev–Trinajstić information content (AvgIpc) is 3.02. The lowest BCUT2D eigenvalue weighted by molar-refractivity contribution is 0.0941. The van der Waals surface area contributed by atoms with E-state index in [1.165, 1.54) is 25.7 Å². The summed E-state index contributed by atoms with van der Waals surface area (Å²) in [6.45, 7) is 4.29. The Morgan fingerprint density at radius 2 is 2.10 bits per heavy atom. The zero-order valence-electron chi connectivity index (χ0n) is 12.9. The number of hydrogen-bond acceptors (Lipinski definition) is 5. The predicted octanol–water partition coefficient (Wildman–Crippen LogP) is 1.51. The van der Waals surface area contributed by atoms with Gasteiger partial charge in [0, 0.05) is 25.7 Å². The molecule has 1 saturated carbocycles. The molecule has 116 valence electrons. The van der Waals surface area contributed by atoms with Crippen LogP contribution in [-0.2, 0) is 0 Å². The molecule has 0 radical (unpaired) electrons. The lowest BCUT2D eigenvalue weighted by Crippen LogP contribution is -2.37. The molecular weight excluding hydrogens is 266 g/mol. The van der Waals surface area contributed by atoms with Crippen LogP contribution in [0.1, 0.15) is 43.1 Å². The van der Waals surface area contributed by atoms with E-state index in [4.69, 9.17) is 0 Å². The fourth-order valence-corrected chi connectivity index (χ4v) is 2.69.